The van der Waals surface area contributed by atoms with Crippen LogP contribution in [0.1, 0.15) is 21.7 Å². The van der Waals surface area contributed by atoms with Crippen LogP contribution in [-0.2, 0) is 0 Å². The molecular formula is C11H10N4O4. The summed E-state index contributed by atoms with van der Waals surface area (Å²) in [6.07, 6.45) is 0. The van der Waals surface area contributed by atoms with Crippen LogP contribution >= 0.6 is 0 Å². The molecule has 0 amide bonds. The van der Waals surface area contributed by atoms with Gasteiger partial charge in [0.1, 0.15) is 5.69 Å². The molecule has 0 bridgehead atoms. The zero-order valence-corrected chi connectivity index (χ0v) is 10.2. The Morgan fingerprint density at radius 1 is 1.42 bits per heavy atom. The minimum absolute atomic E-state index is 0.148. The quantitative estimate of drug-likeness (QED) is 0.662. The standard InChI is InChI=1S/C11H10N4O4/c1-6-4-3-5-8(15(18)19)10(6)14-7(2)9(11(16)17)12-13-14/h3-5H,1-2H3,(H,16,17). The van der Waals surface area contributed by atoms with Crippen molar-refractivity contribution in [2.45, 2.75) is 13.8 Å². The number of hydrogen-bond acceptors (Lipinski definition) is 5. The minimum atomic E-state index is -1.22. The van der Waals surface area contributed by atoms with Crippen LogP contribution in [0, 0.1) is 24.0 Å². The van der Waals surface area contributed by atoms with Crippen molar-refractivity contribution in [3.05, 3.63) is 45.3 Å². The van der Waals surface area contributed by atoms with E-state index in [4.69, 9.17) is 5.11 Å². The van der Waals surface area contributed by atoms with Crippen LogP contribution < -0.4 is 0 Å². The monoisotopic (exact) mass is 262 g/mol. The molecule has 8 heteroatoms. The third-order valence-corrected chi connectivity index (χ3v) is 2.72. The van der Waals surface area contributed by atoms with Crippen molar-refractivity contribution < 1.29 is 14.8 Å². The normalized spacial score (nSPS) is 10.4. The topological polar surface area (TPSA) is 111 Å². The van der Waals surface area contributed by atoms with Gasteiger partial charge in [-0.3, -0.25) is 10.1 Å². The summed E-state index contributed by atoms with van der Waals surface area (Å²) in [6, 6.07) is 4.58. The number of rotatable bonds is 3. The summed E-state index contributed by atoms with van der Waals surface area (Å²) in [5.41, 5.74) is 0.705. The molecule has 0 saturated carbocycles. The van der Waals surface area contributed by atoms with E-state index < -0.39 is 10.9 Å². The van der Waals surface area contributed by atoms with Gasteiger partial charge in [-0.25, -0.2) is 9.48 Å². The van der Waals surface area contributed by atoms with Gasteiger partial charge in [-0.05, 0) is 19.4 Å². The van der Waals surface area contributed by atoms with Crippen LogP contribution in [0.3, 0.4) is 0 Å². The predicted octanol–water partition coefficient (Wildman–Crippen LogP) is 1.49. The number of hydrogen-bond donors (Lipinski definition) is 1. The molecular weight excluding hydrogens is 252 g/mol. The SMILES string of the molecule is Cc1cccc([N+](=O)[O-])c1-n1nnc(C(=O)O)c1C. The van der Waals surface area contributed by atoms with Crippen molar-refractivity contribution in [3.63, 3.8) is 0 Å². The van der Waals surface area contributed by atoms with Gasteiger partial charge in [0.25, 0.3) is 5.69 Å². The number of carboxylic acid groups (broad SMARTS) is 1. The highest BCUT2D eigenvalue weighted by Crippen LogP contribution is 2.26. The molecule has 0 fully saturated rings. The average Bonchev–Trinajstić information content (AvgIpc) is 2.70. The second kappa shape index (κ2) is 4.48. The number of aryl methyl sites for hydroxylation is 1. The smallest absolute Gasteiger partial charge is 0.358 e. The lowest BCUT2D eigenvalue weighted by molar-refractivity contribution is -0.384. The lowest BCUT2D eigenvalue weighted by Gasteiger charge is -2.07. The zero-order chi connectivity index (χ0) is 14.2. The van der Waals surface area contributed by atoms with Gasteiger partial charge in [-0.1, -0.05) is 17.3 Å². The Bertz CT molecular complexity index is 677. The summed E-state index contributed by atoms with van der Waals surface area (Å²) < 4.78 is 1.18. The third-order valence-electron chi connectivity index (χ3n) is 2.72. The number of para-hydroxylation sites is 1. The maximum atomic E-state index is 11.0. The van der Waals surface area contributed by atoms with E-state index in [9.17, 15) is 14.9 Å². The first kappa shape index (κ1) is 12.7. The highest BCUT2D eigenvalue weighted by Gasteiger charge is 2.23. The molecule has 2 rings (SSSR count). The number of carboxylic acids is 1. The van der Waals surface area contributed by atoms with Crippen LogP contribution in [0.15, 0.2) is 18.2 Å². The molecule has 1 aromatic heterocycles. The summed E-state index contributed by atoms with van der Waals surface area (Å²) >= 11 is 0. The summed E-state index contributed by atoms with van der Waals surface area (Å²) in [7, 11) is 0. The van der Waals surface area contributed by atoms with Crippen molar-refractivity contribution in [1.82, 2.24) is 15.0 Å². The molecule has 8 nitrogen and oxygen atoms in total. The first-order chi connectivity index (χ1) is 8.93. The number of nitro groups is 1. The highest BCUT2D eigenvalue weighted by molar-refractivity contribution is 5.86. The van der Waals surface area contributed by atoms with E-state index in [1.54, 1.807) is 19.1 Å². The van der Waals surface area contributed by atoms with Gasteiger partial charge in [-0.2, -0.15) is 0 Å². The van der Waals surface area contributed by atoms with Gasteiger partial charge in [0.15, 0.2) is 5.69 Å². The Morgan fingerprint density at radius 3 is 2.63 bits per heavy atom. The van der Waals surface area contributed by atoms with Gasteiger partial charge < -0.3 is 5.11 Å². The lowest BCUT2D eigenvalue weighted by Crippen LogP contribution is -2.07. The number of nitro benzene ring substituents is 1. The fraction of sp³-hybridized carbons (Fsp3) is 0.182. The van der Waals surface area contributed by atoms with Gasteiger partial charge in [0, 0.05) is 6.07 Å². The van der Waals surface area contributed by atoms with Crippen molar-refractivity contribution in [2.24, 2.45) is 0 Å². The molecule has 19 heavy (non-hydrogen) atoms. The van der Waals surface area contributed by atoms with Crippen LogP contribution in [0.2, 0.25) is 0 Å². The second-order valence-corrected chi connectivity index (χ2v) is 3.94. The summed E-state index contributed by atoms with van der Waals surface area (Å²) in [5.74, 6) is -1.22. The van der Waals surface area contributed by atoms with Gasteiger partial charge in [0.2, 0.25) is 0 Å². The van der Waals surface area contributed by atoms with Crippen molar-refractivity contribution in [1.29, 1.82) is 0 Å². The maximum Gasteiger partial charge on any atom is 0.358 e. The fourth-order valence-corrected chi connectivity index (χ4v) is 1.81. The van der Waals surface area contributed by atoms with E-state index in [2.05, 4.69) is 10.3 Å². The molecule has 1 aromatic carbocycles. The molecule has 0 aliphatic heterocycles. The Balaban J connectivity index is 2.72. The summed E-state index contributed by atoms with van der Waals surface area (Å²) in [4.78, 5) is 21.4. The van der Waals surface area contributed by atoms with Crippen LogP contribution in [-0.4, -0.2) is 31.0 Å². The first-order valence-corrected chi connectivity index (χ1v) is 5.33. The summed E-state index contributed by atoms with van der Waals surface area (Å²) in [6.45, 7) is 3.18. The minimum Gasteiger partial charge on any atom is -0.476 e. The van der Waals surface area contributed by atoms with Gasteiger partial charge in [0.05, 0.1) is 10.6 Å². The van der Waals surface area contributed by atoms with Crippen LogP contribution in [0.25, 0.3) is 5.69 Å². The Hall–Kier alpha value is -2.77. The zero-order valence-electron chi connectivity index (χ0n) is 10.2. The van der Waals surface area contributed by atoms with E-state index in [0.717, 1.165) is 0 Å². The van der Waals surface area contributed by atoms with E-state index in [1.165, 1.54) is 17.7 Å². The van der Waals surface area contributed by atoms with E-state index in [1.807, 2.05) is 0 Å². The molecule has 1 N–H and O–H groups in total. The van der Waals surface area contributed by atoms with Crippen molar-refractivity contribution >= 4 is 11.7 Å². The molecule has 0 radical (unpaired) electrons. The lowest BCUT2D eigenvalue weighted by atomic mass is 10.1. The summed E-state index contributed by atoms with van der Waals surface area (Å²) in [5, 5.41) is 27.2. The molecule has 1 heterocycles. The second-order valence-electron chi connectivity index (χ2n) is 3.94. The fourth-order valence-electron chi connectivity index (χ4n) is 1.81. The van der Waals surface area contributed by atoms with Gasteiger partial charge in [-0.15, -0.1) is 5.10 Å². The molecule has 0 unspecified atom stereocenters. The van der Waals surface area contributed by atoms with E-state index >= 15 is 0 Å². The van der Waals surface area contributed by atoms with E-state index in [-0.39, 0.29) is 22.8 Å². The number of benzene rings is 1. The highest BCUT2D eigenvalue weighted by atomic mass is 16.6. The molecule has 0 spiro atoms. The molecule has 0 saturated heterocycles. The third kappa shape index (κ3) is 2.03. The molecule has 0 aliphatic rings. The average molecular weight is 262 g/mol. The van der Waals surface area contributed by atoms with Gasteiger partial charge >= 0.3 is 5.97 Å². The Kier molecular flexibility index (Phi) is 2.99. The number of carbonyl (C=O) groups is 1. The largest absolute Gasteiger partial charge is 0.476 e. The van der Waals surface area contributed by atoms with E-state index in [0.29, 0.717) is 5.56 Å². The molecule has 0 aliphatic carbocycles. The van der Waals surface area contributed by atoms with Crippen molar-refractivity contribution in [2.75, 3.05) is 0 Å². The molecule has 2 aromatic rings. The van der Waals surface area contributed by atoms with Crippen molar-refractivity contribution in [3.8, 4) is 5.69 Å². The first-order valence-electron chi connectivity index (χ1n) is 5.33. The number of nitrogens with zero attached hydrogens (tertiary/aromatic N) is 4. The molecule has 0 atom stereocenters. The number of aromatic nitrogens is 3. The Morgan fingerprint density at radius 2 is 2.11 bits per heavy atom. The van der Waals surface area contributed by atoms with Crippen LogP contribution in [0.4, 0.5) is 5.69 Å². The van der Waals surface area contributed by atoms with Crippen LogP contribution in [0.5, 0.6) is 0 Å². The molecule has 98 valence electrons. The maximum absolute atomic E-state index is 11.0. The predicted molar refractivity (Wildman–Crippen MR) is 64.4 cm³/mol. The Labute approximate surface area is 107 Å². The number of aromatic carboxylic acids is 1.